The Bertz CT molecular complexity index is 222. The van der Waals surface area contributed by atoms with Crippen LogP contribution >= 0.6 is 0 Å². The van der Waals surface area contributed by atoms with E-state index in [-0.39, 0.29) is 12.7 Å². The lowest BCUT2D eigenvalue weighted by molar-refractivity contribution is -0.0509. The highest BCUT2D eigenvalue weighted by atomic mass is 16.5. The van der Waals surface area contributed by atoms with Gasteiger partial charge >= 0.3 is 0 Å². The molecule has 0 radical (unpaired) electrons. The zero-order valence-electron chi connectivity index (χ0n) is 12.4. The molecule has 1 fully saturated rings. The zero-order valence-corrected chi connectivity index (χ0v) is 12.4. The number of hydrogen-bond donors (Lipinski definition) is 1. The summed E-state index contributed by atoms with van der Waals surface area (Å²) in [4.78, 5) is 4.79. The van der Waals surface area contributed by atoms with Gasteiger partial charge in [-0.05, 0) is 19.8 Å². The summed E-state index contributed by atoms with van der Waals surface area (Å²) in [6.45, 7) is 14.8. The SMILES string of the molecule is CC(C)CN1CCOC(CN(CCO)C(C)C)C1. The van der Waals surface area contributed by atoms with Crippen LogP contribution in [-0.4, -0.2) is 73.0 Å². The van der Waals surface area contributed by atoms with E-state index in [1.807, 2.05) is 0 Å². The van der Waals surface area contributed by atoms with Crippen molar-refractivity contribution in [3.8, 4) is 0 Å². The minimum atomic E-state index is 0.223. The molecule has 0 aliphatic carbocycles. The van der Waals surface area contributed by atoms with Crippen LogP contribution in [0.5, 0.6) is 0 Å². The average Bonchev–Trinajstić information content (AvgIpc) is 2.28. The first-order chi connectivity index (χ1) is 8.52. The lowest BCUT2D eigenvalue weighted by Crippen LogP contribution is -2.50. The molecule has 108 valence electrons. The molecule has 0 bridgehead atoms. The van der Waals surface area contributed by atoms with E-state index < -0.39 is 0 Å². The Kier molecular flexibility index (Phi) is 7.15. The molecule has 4 heteroatoms. The van der Waals surface area contributed by atoms with Crippen LogP contribution in [0.2, 0.25) is 0 Å². The van der Waals surface area contributed by atoms with Crippen molar-refractivity contribution in [3.05, 3.63) is 0 Å². The summed E-state index contributed by atoms with van der Waals surface area (Å²) in [7, 11) is 0. The Morgan fingerprint density at radius 1 is 1.33 bits per heavy atom. The first kappa shape index (κ1) is 15.9. The lowest BCUT2D eigenvalue weighted by atomic mass is 10.1. The van der Waals surface area contributed by atoms with Gasteiger partial charge < -0.3 is 9.84 Å². The maximum absolute atomic E-state index is 9.09. The van der Waals surface area contributed by atoms with Crippen molar-refractivity contribution in [3.63, 3.8) is 0 Å². The van der Waals surface area contributed by atoms with Gasteiger partial charge in [0.1, 0.15) is 0 Å². The van der Waals surface area contributed by atoms with Crippen LogP contribution in [0.15, 0.2) is 0 Å². The maximum atomic E-state index is 9.09. The number of aliphatic hydroxyl groups is 1. The number of ether oxygens (including phenoxy) is 1. The second kappa shape index (κ2) is 8.10. The van der Waals surface area contributed by atoms with E-state index in [2.05, 4.69) is 37.5 Å². The molecular weight excluding hydrogens is 228 g/mol. The van der Waals surface area contributed by atoms with Crippen molar-refractivity contribution in [1.29, 1.82) is 0 Å². The highest BCUT2D eigenvalue weighted by molar-refractivity contribution is 4.77. The van der Waals surface area contributed by atoms with Crippen molar-refractivity contribution in [2.75, 3.05) is 45.9 Å². The summed E-state index contributed by atoms with van der Waals surface area (Å²) >= 11 is 0. The molecule has 1 heterocycles. The molecule has 0 saturated carbocycles. The van der Waals surface area contributed by atoms with Crippen molar-refractivity contribution in [2.45, 2.75) is 39.8 Å². The summed E-state index contributed by atoms with van der Waals surface area (Å²) < 4.78 is 5.85. The third-order valence-corrected chi connectivity index (χ3v) is 3.40. The highest BCUT2D eigenvalue weighted by Gasteiger charge is 2.23. The number of aliphatic hydroxyl groups excluding tert-OH is 1. The van der Waals surface area contributed by atoms with Gasteiger partial charge in [-0.25, -0.2) is 0 Å². The Labute approximate surface area is 112 Å². The summed E-state index contributed by atoms with van der Waals surface area (Å²) in [5.74, 6) is 0.711. The molecule has 1 aliphatic heterocycles. The summed E-state index contributed by atoms with van der Waals surface area (Å²) in [5.41, 5.74) is 0. The molecule has 0 aromatic heterocycles. The fourth-order valence-corrected chi connectivity index (χ4v) is 2.52. The minimum Gasteiger partial charge on any atom is -0.395 e. The molecule has 1 atom stereocenters. The molecule has 1 unspecified atom stereocenters. The lowest BCUT2D eigenvalue weighted by Gasteiger charge is -2.37. The normalized spacial score (nSPS) is 22.3. The molecule has 1 aliphatic rings. The monoisotopic (exact) mass is 258 g/mol. The molecule has 0 amide bonds. The number of morpholine rings is 1. The maximum Gasteiger partial charge on any atom is 0.0829 e. The Balaban J connectivity index is 2.40. The van der Waals surface area contributed by atoms with Crippen LogP contribution in [0.3, 0.4) is 0 Å². The Morgan fingerprint density at radius 3 is 2.61 bits per heavy atom. The van der Waals surface area contributed by atoms with Gasteiger partial charge in [-0.1, -0.05) is 13.8 Å². The first-order valence-corrected chi connectivity index (χ1v) is 7.21. The summed E-state index contributed by atoms with van der Waals surface area (Å²) in [6, 6.07) is 0.459. The van der Waals surface area contributed by atoms with E-state index in [0.29, 0.717) is 12.0 Å². The molecule has 1 N–H and O–H groups in total. The van der Waals surface area contributed by atoms with Crippen molar-refractivity contribution in [1.82, 2.24) is 9.80 Å². The molecule has 1 rings (SSSR count). The topological polar surface area (TPSA) is 35.9 Å². The average molecular weight is 258 g/mol. The van der Waals surface area contributed by atoms with E-state index in [4.69, 9.17) is 9.84 Å². The fraction of sp³-hybridized carbons (Fsp3) is 1.00. The van der Waals surface area contributed by atoms with E-state index in [9.17, 15) is 0 Å². The zero-order chi connectivity index (χ0) is 13.5. The predicted molar refractivity (Wildman–Crippen MR) is 74.8 cm³/mol. The molecule has 0 aromatic carbocycles. The Morgan fingerprint density at radius 2 is 2.06 bits per heavy atom. The minimum absolute atomic E-state index is 0.223. The first-order valence-electron chi connectivity index (χ1n) is 7.21. The van der Waals surface area contributed by atoms with Gasteiger partial charge in [-0.3, -0.25) is 9.80 Å². The molecule has 18 heavy (non-hydrogen) atoms. The standard InChI is InChI=1S/C14H30N2O2/c1-12(2)9-15-6-8-18-14(10-15)11-16(5-7-17)13(3)4/h12-14,17H,5-11H2,1-4H3. The third kappa shape index (κ3) is 5.65. The number of nitrogens with zero attached hydrogens (tertiary/aromatic N) is 2. The van der Waals surface area contributed by atoms with Gasteiger partial charge in [-0.2, -0.15) is 0 Å². The van der Waals surface area contributed by atoms with Gasteiger partial charge in [-0.15, -0.1) is 0 Å². The molecular formula is C14H30N2O2. The van der Waals surface area contributed by atoms with Gasteiger partial charge in [0.25, 0.3) is 0 Å². The van der Waals surface area contributed by atoms with E-state index >= 15 is 0 Å². The number of hydrogen-bond acceptors (Lipinski definition) is 4. The van der Waals surface area contributed by atoms with Crippen LogP contribution in [0.4, 0.5) is 0 Å². The third-order valence-electron chi connectivity index (χ3n) is 3.40. The van der Waals surface area contributed by atoms with Crippen LogP contribution in [-0.2, 0) is 4.74 Å². The van der Waals surface area contributed by atoms with E-state index in [1.165, 1.54) is 0 Å². The van der Waals surface area contributed by atoms with Crippen LogP contribution in [0, 0.1) is 5.92 Å². The molecule has 0 spiro atoms. The van der Waals surface area contributed by atoms with Crippen LogP contribution < -0.4 is 0 Å². The molecule has 4 nitrogen and oxygen atoms in total. The summed E-state index contributed by atoms with van der Waals surface area (Å²) in [6.07, 6.45) is 0.284. The van der Waals surface area contributed by atoms with Gasteiger partial charge in [0, 0.05) is 38.8 Å². The van der Waals surface area contributed by atoms with Gasteiger partial charge in [0.2, 0.25) is 0 Å². The fourth-order valence-electron chi connectivity index (χ4n) is 2.52. The predicted octanol–water partition coefficient (Wildman–Crippen LogP) is 1.05. The van der Waals surface area contributed by atoms with Crippen molar-refractivity contribution in [2.24, 2.45) is 5.92 Å². The van der Waals surface area contributed by atoms with Crippen molar-refractivity contribution < 1.29 is 9.84 Å². The quantitative estimate of drug-likeness (QED) is 0.740. The highest BCUT2D eigenvalue weighted by Crippen LogP contribution is 2.10. The second-order valence-corrected chi connectivity index (χ2v) is 5.96. The van der Waals surface area contributed by atoms with Crippen LogP contribution in [0.1, 0.15) is 27.7 Å². The van der Waals surface area contributed by atoms with Gasteiger partial charge in [0.15, 0.2) is 0 Å². The van der Waals surface area contributed by atoms with E-state index in [1.54, 1.807) is 0 Å². The Hall–Kier alpha value is -0.160. The van der Waals surface area contributed by atoms with Crippen LogP contribution in [0.25, 0.3) is 0 Å². The second-order valence-electron chi connectivity index (χ2n) is 5.96. The molecule has 1 saturated heterocycles. The molecule has 0 aromatic rings. The van der Waals surface area contributed by atoms with Gasteiger partial charge in [0.05, 0.1) is 19.3 Å². The van der Waals surface area contributed by atoms with Crippen molar-refractivity contribution >= 4 is 0 Å². The summed E-state index contributed by atoms with van der Waals surface area (Å²) in [5, 5.41) is 9.09. The largest absolute Gasteiger partial charge is 0.395 e. The number of rotatable bonds is 7. The smallest absolute Gasteiger partial charge is 0.0829 e. The van der Waals surface area contributed by atoms with E-state index in [0.717, 1.165) is 39.3 Å².